The van der Waals surface area contributed by atoms with Crippen molar-refractivity contribution in [1.29, 1.82) is 0 Å². The summed E-state index contributed by atoms with van der Waals surface area (Å²) in [5.41, 5.74) is 4.41. The number of hydrogen-bond acceptors (Lipinski definition) is 1. The Kier molecular flexibility index (Phi) is 2.12. The van der Waals surface area contributed by atoms with Crippen LogP contribution in [0.3, 0.4) is 0 Å². The molecule has 0 fully saturated rings. The summed E-state index contributed by atoms with van der Waals surface area (Å²) in [6.07, 6.45) is 0. The van der Waals surface area contributed by atoms with Crippen molar-refractivity contribution in [3.8, 4) is 0 Å². The van der Waals surface area contributed by atoms with Crippen LogP contribution >= 0.6 is 0 Å². The largest absolute Gasteiger partial charge is 0.306 e. The first kappa shape index (κ1) is 8.76. The van der Waals surface area contributed by atoms with Gasteiger partial charge in [0.25, 0.3) is 0 Å². The van der Waals surface area contributed by atoms with Crippen LogP contribution in [0.5, 0.6) is 0 Å². The van der Waals surface area contributed by atoms with E-state index in [4.69, 9.17) is 0 Å². The smallest absolute Gasteiger partial charge is 0.0298 e. The maximum Gasteiger partial charge on any atom is 0.0298 e. The fourth-order valence-electron chi connectivity index (χ4n) is 1.93. The zero-order valence-electron chi connectivity index (χ0n) is 8.59. The summed E-state index contributed by atoms with van der Waals surface area (Å²) >= 11 is 0. The van der Waals surface area contributed by atoms with Crippen LogP contribution in [-0.4, -0.2) is 0 Å². The molecule has 0 saturated carbocycles. The van der Waals surface area contributed by atoms with E-state index in [1.165, 1.54) is 16.7 Å². The van der Waals surface area contributed by atoms with E-state index < -0.39 is 0 Å². The molecule has 70 valence electrons. The van der Waals surface area contributed by atoms with Gasteiger partial charge in [-0.2, -0.15) is 0 Å². The highest BCUT2D eigenvalue weighted by atomic mass is 14.9. The molecule has 0 spiro atoms. The standard InChI is InChI=1S/C12H17N/c1-8(2)10-4-5-12-9(3)13-7-11(12)6-10/h4-6,8-9,13H,7H2,1-3H3/t9-/m0/s1. The molecule has 1 aliphatic heterocycles. The average molecular weight is 175 g/mol. The van der Waals surface area contributed by atoms with E-state index in [0.29, 0.717) is 12.0 Å². The lowest BCUT2D eigenvalue weighted by Gasteiger charge is -2.08. The first-order chi connectivity index (χ1) is 6.18. The van der Waals surface area contributed by atoms with Gasteiger partial charge in [0.2, 0.25) is 0 Å². The molecule has 1 heterocycles. The highest BCUT2D eigenvalue weighted by molar-refractivity contribution is 5.37. The van der Waals surface area contributed by atoms with Crippen LogP contribution in [0.1, 0.15) is 49.4 Å². The summed E-state index contributed by atoms with van der Waals surface area (Å²) in [6, 6.07) is 7.41. The van der Waals surface area contributed by atoms with Gasteiger partial charge in [-0.25, -0.2) is 0 Å². The maximum atomic E-state index is 3.45. The highest BCUT2D eigenvalue weighted by Gasteiger charge is 2.17. The van der Waals surface area contributed by atoms with Gasteiger partial charge >= 0.3 is 0 Å². The van der Waals surface area contributed by atoms with Crippen LogP contribution < -0.4 is 5.32 Å². The van der Waals surface area contributed by atoms with E-state index in [1.807, 2.05) is 0 Å². The molecule has 1 atom stereocenters. The summed E-state index contributed by atoms with van der Waals surface area (Å²) in [6.45, 7) is 7.75. The summed E-state index contributed by atoms with van der Waals surface area (Å²) < 4.78 is 0. The van der Waals surface area contributed by atoms with E-state index in [2.05, 4.69) is 44.3 Å². The van der Waals surface area contributed by atoms with Crippen molar-refractivity contribution in [3.05, 3.63) is 34.9 Å². The molecule has 1 aromatic carbocycles. The van der Waals surface area contributed by atoms with Gasteiger partial charge in [0, 0.05) is 12.6 Å². The predicted molar refractivity (Wildman–Crippen MR) is 55.8 cm³/mol. The molecule has 1 N–H and O–H groups in total. The highest BCUT2D eigenvalue weighted by Crippen LogP contribution is 2.27. The Labute approximate surface area is 80.2 Å². The Bertz CT molecular complexity index is 315. The summed E-state index contributed by atoms with van der Waals surface area (Å²) in [5, 5.41) is 3.45. The quantitative estimate of drug-likeness (QED) is 0.692. The lowest BCUT2D eigenvalue weighted by molar-refractivity contribution is 0.633. The van der Waals surface area contributed by atoms with Gasteiger partial charge in [-0.15, -0.1) is 0 Å². The van der Waals surface area contributed by atoms with Gasteiger partial charge in [0.05, 0.1) is 0 Å². The van der Waals surface area contributed by atoms with Gasteiger partial charge in [-0.05, 0) is 29.5 Å². The van der Waals surface area contributed by atoms with Crippen LogP contribution in [-0.2, 0) is 6.54 Å². The molecule has 0 aromatic heterocycles. The third-order valence-corrected chi connectivity index (χ3v) is 2.90. The van der Waals surface area contributed by atoms with Crippen molar-refractivity contribution >= 4 is 0 Å². The maximum absolute atomic E-state index is 3.45. The Morgan fingerprint density at radius 2 is 2.15 bits per heavy atom. The van der Waals surface area contributed by atoms with Crippen LogP contribution in [0.25, 0.3) is 0 Å². The lowest BCUT2D eigenvalue weighted by Crippen LogP contribution is -2.06. The number of rotatable bonds is 1. The van der Waals surface area contributed by atoms with Crippen molar-refractivity contribution in [2.45, 2.75) is 39.3 Å². The molecule has 1 aliphatic rings. The summed E-state index contributed by atoms with van der Waals surface area (Å²) in [7, 11) is 0. The Morgan fingerprint density at radius 3 is 2.85 bits per heavy atom. The molecule has 1 heteroatoms. The van der Waals surface area contributed by atoms with Crippen LogP contribution in [0.15, 0.2) is 18.2 Å². The molecule has 2 rings (SSSR count). The molecule has 0 amide bonds. The molecule has 13 heavy (non-hydrogen) atoms. The fraction of sp³-hybridized carbons (Fsp3) is 0.500. The third kappa shape index (κ3) is 1.49. The second-order valence-electron chi connectivity index (χ2n) is 4.22. The molecule has 1 aromatic rings. The van der Waals surface area contributed by atoms with Crippen LogP contribution in [0.2, 0.25) is 0 Å². The van der Waals surface area contributed by atoms with Crippen LogP contribution in [0.4, 0.5) is 0 Å². The minimum Gasteiger partial charge on any atom is -0.306 e. The van der Waals surface area contributed by atoms with Crippen LogP contribution in [0, 0.1) is 0 Å². The normalized spacial score (nSPS) is 20.8. The fourth-order valence-corrected chi connectivity index (χ4v) is 1.93. The van der Waals surface area contributed by atoms with Crippen molar-refractivity contribution in [3.63, 3.8) is 0 Å². The van der Waals surface area contributed by atoms with E-state index >= 15 is 0 Å². The molecular weight excluding hydrogens is 158 g/mol. The topological polar surface area (TPSA) is 12.0 Å². The SMILES string of the molecule is CC(C)c1ccc2c(c1)CN[C@H]2C. The van der Waals surface area contributed by atoms with Gasteiger partial charge in [-0.3, -0.25) is 0 Å². The van der Waals surface area contributed by atoms with E-state index in [0.717, 1.165) is 6.54 Å². The Morgan fingerprint density at radius 1 is 1.38 bits per heavy atom. The first-order valence-corrected chi connectivity index (χ1v) is 5.04. The summed E-state index contributed by atoms with van der Waals surface area (Å²) in [5.74, 6) is 0.640. The van der Waals surface area contributed by atoms with Crippen molar-refractivity contribution in [2.24, 2.45) is 0 Å². The zero-order valence-corrected chi connectivity index (χ0v) is 8.59. The van der Waals surface area contributed by atoms with E-state index in [1.54, 1.807) is 0 Å². The number of fused-ring (bicyclic) bond motifs is 1. The lowest BCUT2D eigenvalue weighted by atomic mass is 9.97. The first-order valence-electron chi connectivity index (χ1n) is 5.04. The second-order valence-corrected chi connectivity index (χ2v) is 4.22. The minimum absolute atomic E-state index is 0.538. The molecule has 0 aliphatic carbocycles. The minimum atomic E-state index is 0.538. The summed E-state index contributed by atoms with van der Waals surface area (Å²) in [4.78, 5) is 0. The Balaban J connectivity index is 2.40. The molecule has 1 nitrogen and oxygen atoms in total. The van der Waals surface area contributed by atoms with Crippen molar-refractivity contribution < 1.29 is 0 Å². The second kappa shape index (κ2) is 3.15. The number of hydrogen-bond donors (Lipinski definition) is 1. The van der Waals surface area contributed by atoms with Gasteiger partial charge in [0.1, 0.15) is 0 Å². The third-order valence-electron chi connectivity index (χ3n) is 2.90. The zero-order chi connectivity index (χ0) is 9.42. The van der Waals surface area contributed by atoms with Gasteiger partial charge < -0.3 is 5.32 Å². The Hall–Kier alpha value is -0.820. The average Bonchev–Trinajstić information content (AvgIpc) is 2.47. The number of benzene rings is 1. The molecule has 0 saturated heterocycles. The molecule has 0 unspecified atom stereocenters. The molecule has 0 radical (unpaired) electrons. The predicted octanol–water partition coefficient (Wildman–Crippen LogP) is 2.97. The van der Waals surface area contributed by atoms with Crippen molar-refractivity contribution in [1.82, 2.24) is 5.32 Å². The molecule has 0 bridgehead atoms. The monoisotopic (exact) mass is 175 g/mol. The number of nitrogens with one attached hydrogen (secondary N) is 1. The molecular formula is C12H17N. The van der Waals surface area contributed by atoms with Crippen molar-refractivity contribution in [2.75, 3.05) is 0 Å². The van der Waals surface area contributed by atoms with Gasteiger partial charge in [-0.1, -0.05) is 32.0 Å². The van der Waals surface area contributed by atoms with E-state index in [9.17, 15) is 0 Å². The van der Waals surface area contributed by atoms with E-state index in [-0.39, 0.29) is 0 Å². The van der Waals surface area contributed by atoms with Gasteiger partial charge in [0.15, 0.2) is 0 Å².